The molecule has 1 aliphatic rings. The smallest absolute Gasteiger partial charge is 0.191 e. The highest BCUT2D eigenvalue weighted by molar-refractivity contribution is 14.0. The molecule has 0 atom stereocenters. The van der Waals surface area contributed by atoms with E-state index in [2.05, 4.69) is 75.5 Å². The fourth-order valence-electron chi connectivity index (χ4n) is 3.72. The van der Waals surface area contributed by atoms with Crippen molar-refractivity contribution in [1.82, 2.24) is 20.4 Å². The van der Waals surface area contributed by atoms with Crippen molar-refractivity contribution in [2.75, 3.05) is 24.5 Å². The molecule has 3 heterocycles. The monoisotopic (exact) mass is 550 g/mol. The number of guanidine groups is 1. The van der Waals surface area contributed by atoms with Crippen molar-refractivity contribution in [3.8, 4) is 0 Å². The number of halogens is 1. The lowest BCUT2D eigenvalue weighted by molar-refractivity contribution is 0.463. The Morgan fingerprint density at radius 1 is 1.13 bits per heavy atom. The third-order valence-corrected chi connectivity index (χ3v) is 6.22. The highest BCUT2D eigenvalue weighted by atomic mass is 127. The lowest BCUT2D eigenvalue weighted by Gasteiger charge is -2.33. The molecule has 4 rings (SSSR count). The Hall–Kier alpha value is -2.07. The molecule has 6 nitrogen and oxygen atoms in total. The molecule has 8 heteroatoms. The van der Waals surface area contributed by atoms with E-state index in [1.54, 1.807) is 0 Å². The van der Waals surface area contributed by atoms with Gasteiger partial charge in [-0.05, 0) is 42.8 Å². The molecule has 0 aliphatic carbocycles. The maximum Gasteiger partial charge on any atom is 0.191 e. The molecule has 1 fully saturated rings. The van der Waals surface area contributed by atoms with E-state index in [0.29, 0.717) is 12.6 Å². The van der Waals surface area contributed by atoms with Crippen LogP contribution in [0.5, 0.6) is 0 Å². The van der Waals surface area contributed by atoms with Crippen molar-refractivity contribution in [3.63, 3.8) is 0 Å². The molecule has 1 aromatic carbocycles. The van der Waals surface area contributed by atoms with Gasteiger partial charge in [0.05, 0.1) is 24.3 Å². The lowest BCUT2D eigenvalue weighted by Crippen LogP contribution is -2.48. The van der Waals surface area contributed by atoms with Gasteiger partial charge >= 0.3 is 0 Å². The van der Waals surface area contributed by atoms with Crippen LogP contribution in [0.4, 0.5) is 5.00 Å². The van der Waals surface area contributed by atoms with Crippen LogP contribution in [-0.2, 0) is 13.1 Å². The van der Waals surface area contributed by atoms with Gasteiger partial charge in [-0.2, -0.15) is 5.10 Å². The van der Waals surface area contributed by atoms with E-state index in [1.807, 2.05) is 28.3 Å². The maximum atomic E-state index is 4.80. The molecule has 166 valence electrons. The molecule has 0 amide bonds. The minimum Gasteiger partial charge on any atom is -0.363 e. The Bertz CT molecular complexity index is 917. The van der Waals surface area contributed by atoms with E-state index in [-0.39, 0.29) is 24.0 Å². The van der Waals surface area contributed by atoms with Crippen LogP contribution in [0, 0.1) is 0 Å². The molecule has 31 heavy (non-hydrogen) atoms. The van der Waals surface area contributed by atoms with E-state index >= 15 is 0 Å². The number of nitrogens with one attached hydrogen (secondary N) is 2. The zero-order chi connectivity index (χ0) is 20.6. The van der Waals surface area contributed by atoms with Gasteiger partial charge in [0.15, 0.2) is 5.96 Å². The fourth-order valence-corrected chi connectivity index (χ4v) is 4.51. The third kappa shape index (κ3) is 6.96. The highest BCUT2D eigenvalue weighted by Gasteiger charge is 2.20. The molecule has 0 unspecified atom stereocenters. The molecule has 3 aromatic rings. The maximum absolute atomic E-state index is 4.80. The van der Waals surface area contributed by atoms with Gasteiger partial charge in [0.2, 0.25) is 0 Å². The average Bonchev–Trinajstić information content (AvgIpc) is 3.46. The summed E-state index contributed by atoms with van der Waals surface area (Å²) >= 11 is 1.82. The summed E-state index contributed by atoms with van der Waals surface area (Å²) in [5.41, 5.74) is 2.37. The third-order valence-electron chi connectivity index (χ3n) is 5.29. The van der Waals surface area contributed by atoms with E-state index in [4.69, 9.17) is 4.99 Å². The van der Waals surface area contributed by atoms with Crippen molar-refractivity contribution in [3.05, 3.63) is 71.4 Å². The molecule has 2 N–H and O–H groups in total. The van der Waals surface area contributed by atoms with Crippen molar-refractivity contribution in [1.29, 1.82) is 0 Å². The van der Waals surface area contributed by atoms with E-state index in [9.17, 15) is 0 Å². The lowest BCUT2D eigenvalue weighted by atomic mass is 10.1. The summed E-state index contributed by atoms with van der Waals surface area (Å²) in [5, 5.41) is 15.0. The second kappa shape index (κ2) is 12.1. The number of hydrogen-bond acceptors (Lipinski definition) is 4. The first-order chi connectivity index (χ1) is 14.8. The fraction of sp³-hybridized carbons (Fsp3) is 0.391. The highest BCUT2D eigenvalue weighted by Crippen LogP contribution is 2.24. The number of aromatic nitrogens is 2. The summed E-state index contributed by atoms with van der Waals surface area (Å²) in [4.78, 5) is 7.28. The number of piperidine rings is 1. The number of hydrogen-bond donors (Lipinski definition) is 2. The first-order valence-corrected chi connectivity index (χ1v) is 11.6. The van der Waals surface area contributed by atoms with Crippen molar-refractivity contribution in [2.24, 2.45) is 4.99 Å². The van der Waals surface area contributed by atoms with Gasteiger partial charge in [-0.25, -0.2) is 4.99 Å². The summed E-state index contributed by atoms with van der Waals surface area (Å²) in [6.45, 7) is 6.54. The Morgan fingerprint density at radius 2 is 1.94 bits per heavy atom. The van der Waals surface area contributed by atoms with Crippen LogP contribution in [0.15, 0.2) is 65.2 Å². The van der Waals surface area contributed by atoms with E-state index in [1.165, 1.54) is 10.6 Å². The van der Waals surface area contributed by atoms with Crippen molar-refractivity contribution < 1.29 is 0 Å². The van der Waals surface area contributed by atoms with Crippen LogP contribution in [0.1, 0.15) is 30.9 Å². The molecular formula is C23H31IN6S. The van der Waals surface area contributed by atoms with Gasteiger partial charge < -0.3 is 15.5 Å². The molecule has 1 saturated heterocycles. The SMILES string of the molecule is CCNC(=NCc1cnn(Cc2ccccc2)c1)NC1CCN(c2cccs2)CC1.I. The van der Waals surface area contributed by atoms with Gasteiger partial charge in [0, 0.05) is 37.4 Å². The number of anilines is 1. The predicted molar refractivity (Wildman–Crippen MR) is 141 cm³/mol. The largest absolute Gasteiger partial charge is 0.363 e. The van der Waals surface area contributed by atoms with Crippen LogP contribution in [-0.4, -0.2) is 41.4 Å². The normalized spacial score (nSPS) is 14.9. The summed E-state index contributed by atoms with van der Waals surface area (Å²) < 4.78 is 1.97. The summed E-state index contributed by atoms with van der Waals surface area (Å²) in [7, 11) is 0. The van der Waals surface area contributed by atoms with Crippen molar-refractivity contribution in [2.45, 2.75) is 38.9 Å². The Labute approximate surface area is 205 Å². The molecule has 2 aromatic heterocycles. The Kier molecular flexibility index (Phi) is 9.20. The van der Waals surface area contributed by atoms with Gasteiger partial charge in [0.25, 0.3) is 0 Å². The van der Waals surface area contributed by atoms with Crippen LogP contribution in [0.25, 0.3) is 0 Å². The quantitative estimate of drug-likeness (QED) is 0.261. The number of aliphatic imine (C=N–C) groups is 1. The van der Waals surface area contributed by atoms with Crippen molar-refractivity contribution >= 4 is 46.3 Å². The van der Waals surface area contributed by atoms with E-state index < -0.39 is 0 Å². The molecule has 0 spiro atoms. The summed E-state index contributed by atoms with van der Waals surface area (Å²) in [6, 6.07) is 15.2. The van der Waals surface area contributed by atoms with Gasteiger partial charge in [-0.15, -0.1) is 35.3 Å². The van der Waals surface area contributed by atoms with Gasteiger partial charge in [0.1, 0.15) is 0 Å². The standard InChI is InChI=1S/C23H30N6S.HI/c1-2-24-23(27-21-10-12-28(13-11-21)22-9-6-14-30-22)25-15-20-16-26-29(18-20)17-19-7-4-3-5-8-19;/h3-9,14,16,18,21H,2,10-13,15,17H2,1H3,(H2,24,25,27);1H. The first kappa shape index (κ1) is 23.6. The molecular weight excluding hydrogens is 519 g/mol. The minimum atomic E-state index is 0. The number of rotatable bonds is 7. The van der Waals surface area contributed by atoms with Crippen LogP contribution in [0.2, 0.25) is 0 Å². The van der Waals surface area contributed by atoms with Crippen LogP contribution in [0.3, 0.4) is 0 Å². The summed E-state index contributed by atoms with van der Waals surface area (Å²) in [5.74, 6) is 0.892. The van der Waals surface area contributed by atoms with E-state index in [0.717, 1.165) is 50.5 Å². The second-order valence-electron chi connectivity index (χ2n) is 7.58. The van der Waals surface area contributed by atoms with Gasteiger partial charge in [-0.3, -0.25) is 4.68 Å². The molecule has 0 bridgehead atoms. The summed E-state index contributed by atoms with van der Waals surface area (Å²) in [6.07, 6.45) is 6.24. The second-order valence-corrected chi connectivity index (χ2v) is 8.51. The Morgan fingerprint density at radius 3 is 2.65 bits per heavy atom. The number of benzene rings is 1. The zero-order valence-corrected chi connectivity index (χ0v) is 21.1. The minimum absolute atomic E-state index is 0. The number of thiophene rings is 1. The zero-order valence-electron chi connectivity index (χ0n) is 17.9. The van der Waals surface area contributed by atoms with Crippen LogP contribution < -0.4 is 15.5 Å². The predicted octanol–water partition coefficient (Wildman–Crippen LogP) is 4.34. The molecule has 1 aliphatic heterocycles. The average molecular weight is 551 g/mol. The van der Waals surface area contributed by atoms with Crippen LogP contribution >= 0.6 is 35.3 Å². The van der Waals surface area contributed by atoms with Gasteiger partial charge in [-0.1, -0.05) is 30.3 Å². The molecule has 0 saturated carbocycles. The number of nitrogens with zero attached hydrogens (tertiary/aromatic N) is 4. The molecule has 0 radical (unpaired) electrons. The topological polar surface area (TPSA) is 57.5 Å². The Balaban J connectivity index is 0.00000272. The first-order valence-electron chi connectivity index (χ1n) is 10.7.